The second kappa shape index (κ2) is 7.05. The van der Waals surface area contributed by atoms with Gasteiger partial charge < -0.3 is 8.98 Å². The lowest BCUT2D eigenvalue weighted by atomic mass is 9.85. The molecule has 0 amide bonds. The van der Waals surface area contributed by atoms with Crippen LogP contribution in [0, 0.1) is 13.8 Å². The number of aromatic nitrogens is 3. The molecular formula is C19H28N4O3S. The predicted octanol–water partition coefficient (Wildman–Crippen LogP) is 3.52. The Hall–Kier alpha value is -1.67. The summed E-state index contributed by atoms with van der Waals surface area (Å²) in [5, 5.41) is 8.44. The van der Waals surface area contributed by atoms with Crippen LogP contribution < -0.4 is 0 Å². The van der Waals surface area contributed by atoms with Crippen LogP contribution in [0.3, 0.4) is 0 Å². The molecule has 1 saturated carbocycles. The van der Waals surface area contributed by atoms with E-state index in [0.29, 0.717) is 46.9 Å². The van der Waals surface area contributed by atoms with E-state index in [1.165, 1.54) is 6.42 Å². The van der Waals surface area contributed by atoms with E-state index in [1.807, 2.05) is 25.5 Å². The highest BCUT2D eigenvalue weighted by molar-refractivity contribution is 7.89. The first-order chi connectivity index (χ1) is 12.9. The van der Waals surface area contributed by atoms with Crippen LogP contribution in [0.2, 0.25) is 0 Å². The summed E-state index contributed by atoms with van der Waals surface area (Å²) in [6.45, 7) is 4.89. The fraction of sp³-hybridized carbons (Fsp3) is 0.684. The molecule has 0 atom stereocenters. The average Bonchev–Trinajstić information content (AvgIpc) is 2.97. The molecule has 4 rings (SSSR count). The summed E-state index contributed by atoms with van der Waals surface area (Å²) in [4.78, 5) is 0.394. The first kappa shape index (κ1) is 18.7. The van der Waals surface area contributed by atoms with Crippen LogP contribution in [0.15, 0.2) is 9.31 Å². The minimum atomic E-state index is -3.54. The monoisotopic (exact) mass is 392 g/mol. The van der Waals surface area contributed by atoms with E-state index in [9.17, 15) is 8.42 Å². The van der Waals surface area contributed by atoms with E-state index in [0.717, 1.165) is 44.2 Å². The zero-order chi connectivity index (χ0) is 19.2. The minimum Gasteiger partial charge on any atom is -0.419 e. The summed E-state index contributed by atoms with van der Waals surface area (Å²) in [7, 11) is -1.67. The molecular weight excluding hydrogens is 364 g/mol. The van der Waals surface area contributed by atoms with Crippen LogP contribution in [0.5, 0.6) is 0 Å². The van der Waals surface area contributed by atoms with E-state index in [1.54, 1.807) is 4.31 Å². The predicted molar refractivity (Wildman–Crippen MR) is 102 cm³/mol. The van der Waals surface area contributed by atoms with Crippen molar-refractivity contribution in [3.63, 3.8) is 0 Å². The second-order valence-corrected chi connectivity index (χ2v) is 9.71. The third-order valence-corrected chi connectivity index (χ3v) is 8.29. The number of hydrogen-bond acceptors (Lipinski definition) is 5. The smallest absolute Gasteiger partial charge is 0.264 e. The van der Waals surface area contributed by atoms with E-state index in [2.05, 4.69) is 10.2 Å². The van der Waals surface area contributed by atoms with Crippen LogP contribution >= 0.6 is 0 Å². The summed E-state index contributed by atoms with van der Waals surface area (Å²) in [6, 6.07) is 0. The van der Waals surface area contributed by atoms with Gasteiger partial charge in [-0.2, -0.15) is 4.31 Å². The molecule has 0 N–H and O–H groups in total. The van der Waals surface area contributed by atoms with Gasteiger partial charge in [0.05, 0.1) is 0 Å². The molecule has 2 fully saturated rings. The van der Waals surface area contributed by atoms with Gasteiger partial charge in [0.2, 0.25) is 15.9 Å². The fourth-order valence-corrected chi connectivity index (χ4v) is 6.19. The summed E-state index contributed by atoms with van der Waals surface area (Å²) < 4.78 is 36.2. The minimum absolute atomic E-state index is 0.355. The Labute approximate surface area is 160 Å². The van der Waals surface area contributed by atoms with Crippen molar-refractivity contribution < 1.29 is 12.8 Å². The number of nitrogens with zero attached hydrogens (tertiary/aromatic N) is 4. The standard InChI is InChI=1S/C19H28N4O3S/c1-13-16(19-21-20-18(26-19)15-9-8-10-15)22(3)14(2)17(13)27(24,25)23-11-6-4-5-7-12-23/h15H,4-12H2,1-3H3. The number of rotatable bonds is 4. The highest BCUT2D eigenvalue weighted by Crippen LogP contribution is 2.39. The van der Waals surface area contributed by atoms with Crippen LogP contribution in [-0.2, 0) is 17.1 Å². The van der Waals surface area contributed by atoms with E-state index in [-0.39, 0.29) is 0 Å². The van der Waals surface area contributed by atoms with Gasteiger partial charge in [0.1, 0.15) is 10.6 Å². The number of hydrogen-bond donors (Lipinski definition) is 0. The first-order valence-corrected chi connectivity index (χ1v) is 11.3. The van der Waals surface area contributed by atoms with Crippen LogP contribution in [0.25, 0.3) is 11.6 Å². The molecule has 0 spiro atoms. The summed E-state index contributed by atoms with van der Waals surface area (Å²) in [5.74, 6) is 1.44. The van der Waals surface area contributed by atoms with Crippen molar-refractivity contribution in [3.05, 3.63) is 17.1 Å². The van der Waals surface area contributed by atoms with Crippen molar-refractivity contribution in [1.82, 2.24) is 19.1 Å². The van der Waals surface area contributed by atoms with E-state index < -0.39 is 10.0 Å². The first-order valence-electron chi connectivity index (χ1n) is 9.91. The molecule has 2 aliphatic rings. The highest BCUT2D eigenvalue weighted by atomic mass is 32.2. The van der Waals surface area contributed by atoms with Crippen LogP contribution in [0.4, 0.5) is 0 Å². The Morgan fingerprint density at radius 2 is 1.67 bits per heavy atom. The largest absolute Gasteiger partial charge is 0.419 e. The molecule has 3 heterocycles. The molecule has 0 bridgehead atoms. The van der Waals surface area contributed by atoms with Gasteiger partial charge in [-0.1, -0.05) is 19.3 Å². The Kier molecular flexibility index (Phi) is 4.88. The molecule has 2 aromatic rings. The van der Waals surface area contributed by atoms with Gasteiger partial charge in [-0.15, -0.1) is 10.2 Å². The maximum absolute atomic E-state index is 13.4. The normalized spacial score (nSPS) is 19.8. The average molecular weight is 393 g/mol. The molecule has 27 heavy (non-hydrogen) atoms. The van der Waals surface area contributed by atoms with Crippen molar-refractivity contribution in [3.8, 4) is 11.6 Å². The lowest BCUT2D eigenvalue weighted by Crippen LogP contribution is -2.32. The van der Waals surface area contributed by atoms with Crippen molar-refractivity contribution in [2.24, 2.45) is 7.05 Å². The maximum atomic E-state index is 13.4. The SMILES string of the molecule is Cc1c(S(=O)(=O)N2CCCCCC2)c(C)n(C)c1-c1nnc(C2CCC2)o1. The second-order valence-electron chi connectivity index (χ2n) is 7.84. The molecule has 0 unspecified atom stereocenters. The Morgan fingerprint density at radius 3 is 2.26 bits per heavy atom. The molecule has 8 heteroatoms. The lowest BCUT2D eigenvalue weighted by Gasteiger charge is -2.20. The van der Waals surface area contributed by atoms with Crippen LogP contribution in [-0.4, -0.2) is 40.6 Å². The third kappa shape index (κ3) is 3.12. The fourth-order valence-electron chi connectivity index (χ4n) is 4.20. The third-order valence-electron chi connectivity index (χ3n) is 6.12. The Morgan fingerprint density at radius 1 is 1.00 bits per heavy atom. The Bertz CT molecular complexity index is 933. The highest BCUT2D eigenvalue weighted by Gasteiger charge is 2.34. The number of sulfonamides is 1. The van der Waals surface area contributed by atoms with Crippen LogP contribution in [0.1, 0.15) is 68.0 Å². The summed E-state index contributed by atoms with van der Waals surface area (Å²) in [5.41, 5.74) is 2.12. The van der Waals surface area contributed by atoms with Gasteiger partial charge in [-0.05, 0) is 39.5 Å². The van der Waals surface area contributed by atoms with Gasteiger partial charge in [0, 0.05) is 37.3 Å². The zero-order valence-corrected chi connectivity index (χ0v) is 17.2. The van der Waals surface area contributed by atoms with Crippen molar-refractivity contribution >= 4 is 10.0 Å². The van der Waals surface area contributed by atoms with Crippen molar-refractivity contribution in [2.45, 2.75) is 69.6 Å². The molecule has 1 saturated heterocycles. The van der Waals surface area contributed by atoms with Gasteiger partial charge in [-0.25, -0.2) is 8.42 Å². The molecule has 2 aromatic heterocycles. The summed E-state index contributed by atoms with van der Waals surface area (Å²) >= 11 is 0. The zero-order valence-electron chi connectivity index (χ0n) is 16.4. The topological polar surface area (TPSA) is 81.2 Å². The maximum Gasteiger partial charge on any atom is 0.264 e. The molecule has 1 aliphatic heterocycles. The molecule has 1 aliphatic carbocycles. The Balaban J connectivity index is 1.74. The molecule has 0 aromatic carbocycles. The molecule has 0 radical (unpaired) electrons. The quantitative estimate of drug-likeness (QED) is 0.795. The van der Waals surface area contributed by atoms with Gasteiger partial charge in [-0.3, -0.25) is 0 Å². The van der Waals surface area contributed by atoms with Crippen molar-refractivity contribution in [2.75, 3.05) is 13.1 Å². The van der Waals surface area contributed by atoms with E-state index >= 15 is 0 Å². The lowest BCUT2D eigenvalue weighted by molar-refractivity contribution is 0.337. The van der Waals surface area contributed by atoms with Crippen molar-refractivity contribution in [1.29, 1.82) is 0 Å². The van der Waals surface area contributed by atoms with Gasteiger partial charge in [0.15, 0.2) is 0 Å². The summed E-state index contributed by atoms with van der Waals surface area (Å²) in [6.07, 6.45) is 7.40. The van der Waals surface area contributed by atoms with Gasteiger partial charge in [0.25, 0.3) is 5.89 Å². The van der Waals surface area contributed by atoms with E-state index in [4.69, 9.17) is 4.42 Å². The molecule has 148 valence electrons. The van der Waals surface area contributed by atoms with Gasteiger partial charge >= 0.3 is 0 Å². The molecule has 7 nitrogen and oxygen atoms in total.